The molecule has 0 spiro atoms. The van der Waals surface area contributed by atoms with Gasteiger partial charge in [-0.25, -0.2) is 8.78 Å². The highest BCUT2D eigenvalue weighted by molar-refractivity contribution is 5.23. The molecule has 1 N–H and O–H groups in total. The summed E-state index contributed by atoms with van der Waals surface area (Å²) < 4.78 is 29.2. The van der Waals surface area contributed by atoms with E-state index >= 15 is 0 Å². The van der Waals surface area contributed by atoms with Gasteiger partial charge in [0.2, 0.25) is 0 Å². The molecule has 3 rings (SSSR count). The Hall–Kier alpha value is -1.16. The summed E-state index contributed by atoms with van der Waals surface area (Å²) in [6, 6.07) is 3.02. The van der Waals surface area contributed by atoms with Gasteiger partial charge in [0, 0.05) is 18.2 Å². The van der Waals surface area contributed by atoms with Gasteiger partial charge in [0.25, 0.3) is 0 Å². The van der Waals surface area contributed by atoms with E-state index in [1.807, 2.05) is 0 Å². The van der Waals surface area contributed by atoms with E-state index in [0.717, 1.165) is 30.0 Å². The zero-order chi connectivity index (χ0) is 11.5. The van der Waals surface area contributed by atoms with Crippen LogP contribution in [0, 0.1) is 23.5 Å². The van der Waals surface area contributed by atoms with Crippen LogP contribution in [0.2, 0.25) is 0 Å². The number of ether oxygens (including phenoxy) is 1. The zero-order valence-electron chi connectivity index (χ0n) is 9.17. The Kier molecular flexibility index (Phi) is 3.39. The summed E-state index contributed by atoms with van der Waals surface area (Å²) in [6.45, 7) is 2.62. The van der Waals surface area contributed by atoms with Crippen LogP contribution in [0.5, 0.6) is 5.75 Å². The van der Waals surface area contributed by atoms with Crippen molar-refractivity contribution in [2.75, 3.05) is 20.2 Å². The molecule has 2 aliphatic rings. The van der Waals surface area contributed by atoms with Crippen molar-refractivity contribution in [3.63, 3.8) is 0 Å². The van der Waals surface area contributed by atoms with Gasteiger partial charge in [-0.05, 0) is 31.3 Å². The molecule has 2 nitrogen and oxygen atoms in total. The highest BCUT2D eigenvalue weighted by atomic mass is 19.1. The molecule has 2 unspecified atom stereocenters. The van der Waals surface area contributed by atoms with Crippen molar-refractivity contribution in [1.82, 2.24) is 5.32 Å². The number of rotatable bonds is 1. The van der Waals surface area contributed by atoms with Crippen molar-refractivity contribution < 1.29 is 13.5 Å². The molecule has 4 heteroatoms. The Balaban J connectivity index is 0.000000134. The Morgan fingerprint density at radius 1 is 1.12 bits per heavy atom. The fraction of sp³-hybridized carbons (Fsp3) is 0.500. The molecule has 2 fully saturated rings. The molecule has 0 bridgehead atoms. The predicted molar refractivity (Wildman–Crippen MR) is 57.4 cm³/mol. The maximum atomic E-state index is 12.3. The van der Waals surface area contributed by atoms with E-state index in [0.29, 0.717) is 0 Å². The first kappa shape index (κ1) is 11.3. The van der Waals surface area contributed by atoms with Crippen molar-refractivity contribution in [1.29, 1.82) is 0 Å². The van der Waals surface area contributed by atoms with E-state index in [1.165, 1.54) is 26.6 Å². The largest absolute Gasteiger partial charge is 0.497 e. The number of hydrogen-bond donors (Lipinski definition) is 1. The summed E-state index contributed by atoms with van der Waals surface area (Å²) in [6.07, 6.45) is 1.52. The number of piperidine rings is 1. The first-order valence-electron chi connectivity index (χ1n) is 5.40. The second-order valence-corrected chi connectivity index (χ2v) is 4.22. The number of methoxy groups -OCH3 is 1. The Bertz CT molecular complexity index is 342. The second-order valence-electron chi connectivity index (χ2n) is 4.22. The average molecular weight is 227 g/mol. The number of halogens is 2. The minimum absolute atomic E-state index is 0.192. The van der Waals surface area contributed by atoms with Crippen molar-refractivity contribution >= 4 is 0 Å². The lowest BCUT2D eigenvalue weighted by Gasteiger charge is -1.97. The van der Waals surface area contributed by atoms with Gasteiger partial charge in [-0.1, -0.05) is 0 Å². The third-order valence-electron chi connectivity index (χ3n) is 2.95. The molecule has 1 saturated carbocycles. The molecule has 16 heavy (non-hydrogen) atoms. The topological polar surface area (TPSA) is 21.3 Å². The molecule has 0 aromatic heterocycles. The third kappa shape index (κ3) is 2.92. The summed E-state index contributed by atoms with van der Waals surface area (Å²) in [7, 11) is 1.36. The van der Waals surface area contributed by atoms with Crippen LogP contribution >= 0.6 is 0 Å². The van der Waals surface area contributed by atoms with Crippen LogP contribution in [0.25, 0.3) is 0 Å². The standard InChI is InChI=1S/C7H6F2O.C5H9N/c1-10-7-3-5(8)2-6(9)4-7;1-4-2-6-3-5(1)4/h2-4H,1H3;4-6H,1-3H2. The highest BCUT2D eigenvalue weighted by Gasteiger charge is 2.40. The molecule has 1 aliphatic heterocycles. The van der Waals surface area contributed by atoms with Crippen molar-refractivity contribution in [3.05, 3.63) is 29.8 Å². The molecule has 0 amide bonds. The predicted octanol–water partition coefficient (Wildman–Crippen LogP) is 2.20. The van der Waals surface area contributed by atoms with Crippen LogP contribution in [0.1, 0.15) is 6.42 Å². The minimum Gasteiger partial charge on any atom is -0.497 e. The van der Waals surface area contributed by atoms with Gasteiger partial charge >= 0.3 is 0 Å². The van der Waals surface area contributed by atoms with Gasteiger partial charge < -0.3 is 10.1 Å². The van der Waals surface area contributed by atoms with Crippen LogP contribution in [0.4, 0.5) is 8.78 Å². The van der Waals surface area contributed by atoms with Crippen LogP contribution in [0.15, 0.2) is 18.2 Å². The van der Waals surface area contributed by atoms with E-state index in [-0.39, 0.29) is 5.75 Å². The molecule has 1 aliphatic carbocycles. The Morgan fingerprint density at radius 3 is 2.00 bits per heavy atom. The van der Waals surface area contributed by atoms with Gasteiger partial charge in [-0.15, -0.1) is 0 Å². The number of nitrogens with one attached hydrogen (secondary N) is 1. The first-order valence-corrected chi connectivity index (χ1v) is 5.40. The summed E-state index contributed by atoms with van der Waals surface area (Å²) in [5, 5.41) is 3.32. The molecule has 88 valence electrons. The lowest BCUT2D eigenvalue weighted by Crippen LogP contribution is -2.10. The number of fused-ring (bicyclic) bond motifs is 1. The smallest absolute Gasteiger partial charge is 0.129 e. The van der Waals surface area contributed by atoms with Gasteiger partial charge in [0.05, 0.1) is 7.11 Å². The summed E-state index contributed by atoms with van der Waals surface area (Å²) >= 11 is 0. The van der Waals surface area contributed by atoms with Crippen molar-refractivity contribution in [2.24, 2.45) is 11.8 Å². The normalized spacial score (nSPS) is 25.4. The third-order valence-corrected chi connectivity index (χ3v) is 2.95. The van der Waals surface area contributed by atoms with Gasteiger partial charge in [0.15, 0.2) is 0 Å². The lowest BCUT2D eigenvalue weighted by molar-refractivity contribution is 0.407. The van der Waals surface area contributed by atoms with E-state index < -0.39 is 11.6 Å². The van der Waals surface area contributed by atoms with Crippen LogP contribution in [-0.4, -0.2) is 20.2 Å². The monoisotopic (exact) mass is 227 g/mol. The van der Waals surface area contributed by atoms with E-state index in [4.69, 9.17) is 0 Å². The van der Waals surface area contributed by atoms with Crippen molar-refractivity contribution in [2.45, 2.75) is 6.42 Å². The maximum Gasteiger partial charge on any atom is 0.129 e. The lowest BCUT2D eigenvalue weighted by atomic mass is 10.3. The summed E-state index contributed by atoms with van der Waals surface area (Å²) in [4.78, 5) is 0. The van der Waals surface area contributed by atoms with E-state index in [1.54, 1.807) is 0 Å². The van der Waals surface area contributed by atoms with E-state index in [2.05, 4.69) is 10.1 Å². The highest BCUT2D eigenvalue weighted by Crippen LogP contribution is 2.40. The SMILES string of the molecule is C1NCC2CC12.COc1cc(F)cc(F)c1. The number of benzene rings is 1. The quantitative estimate of drug-likeness (QED) is 0.794. The van der Waals surface area contributed by atoms with Crippen LogP contribution < -0.4 is 10.1 Å². The zero-order valence-corrected chi connectivity index (χ0v) is 9.17. The molecule has 0 radical (unpaired) electrons. The van der Waals surface area contributed by atoms with E-state index in [9.17, 15) is 8.78 Å². The minimum atomic E-state index is -0.628. The molecule has 1 aromatic carbocycles. The van der Waals surface area contributed by atoms with Gasteiger partial charge in [-0.3, -0.25) is 0 Å². The van der Waals surface area contributed by atoms with Gasteiger partial charge in [-0.2, -0.15) is 0 Å². The molecule has 1 aromatic rings. The summed E-state index contributed by atoms with van der Waals surface area (Å²) in [5.74, 6) is 1.14. The summed E-state index contributed by atoms with van der Waals surface area (Å²) in [5.41, 5.74) is 0. The Morgan fingerprint density at radius 2 is 1.69 bits per heavy atom. The fourth-order valence-electron chi connectivity index (χ4n) is 1.91. The maximum absolute atomic E-state index is 12.3. The molecule has 1 heterocycles. The number of hydrogen-bond acceptors (Lipinski definition) is 2. The molecule has 1 saturated heterocycles. The molecule has 2 atom stereocenters. The van der Waals surface area contributed by atoms with Crippen LogP contribution in [0.3, 0.4) is 0 Å². The van der Waals surface area contributed by atoms with Crippen LogP contribution in [-0.2, 0) is 0 Å². The first-order chi connectivity index (χ1) is 7.69. The molecular formula is C12H15F2NO. The fourth-order valence-corrected chi connectivity index (χ4v) is 1.91. The second kappa shape index (κ2) is 4.78. The average Bonchev–Trinajstić information content (AvgIpc) is 2.85. The molecular weight excluding hydrogens is 212 g/mol. The van der Waals surface area contributed by atoms with Crippen molar-refractivity contribution in [3.8, 4) is 5.75 Å². The Labute approximate surface area is 93.6 Å². The van der Waals surface area contributed by atoms with Gasteiger partial charge in [0.1, 0.15) is 17.4 Å².